The maximum Gasteiger partial charge on any atom is 0.112 e. The molecule has 1 saturated heterocycles. The zero-order valence-corrected chi connectivity index (χ0v) is 18.4. The lowest BCUT2D eigenvalue weighted by atomic mass is 9.97. The molecule has 0 saturated carbocycles. The molecule has 2 aromatic rings. The van der Waals surface area contributed by atoms with E-state index in [-0.39, 0.29) is 37.2 Å². The van der Waals surface area contributed by atoms with Gasteiger partial charge >= 0.3 is 0 Å². The fraction of sp³-hybridized carbons (Fsp3) is 0.500. The molecule has 0 atom stereocenters. The first kappa shape index (κ1) is 25.5. The van der Waals surface area contributed by atoms with Crippen LogP contribution >= 0.6 is 48.8 Å². The number of aromatic nitrogens is 2. The Hall–Kier alpha value is -0.490. The molecular weight excluding hydrogens is 414 g/mol. The Balaban J connectivity index is 0.00000208. The molecule has 0 amide bonds. The van der Waals surface area contributed by atoms with Crippen LogP contribution < -0.4 is 5.32 Å². The largest absolute Gasteiger partial charge is 0.333 e. The van der Waals surface area contributed by atoms with Gasteiger partial charge in [0.1, 0.15) is 5.82 Å². The summed E-state index contributed by atoms with van der Waals surface area (Å²) >= 11 is 6.00. The van der Waals surface area contributed by atoms with Crippen molar-refractivity contribution in [3.8, 4) is 11.3 Å². The van der Waals surface area contributed by atoms with E-state index in [1.165, 1.54) is 18.7 Å². The van der Waals surface area contributed by atoms with E-state index in [0.29, 0.717) is 5.92 Å². The van der Waals surface area contributed by atoms with Crippen LogP contribution in [0.5, 0.6) is 0 Å². The summed E-state index contributed by atoms with van der Waals surface area (Å²) in [5.41, 5.74) is 2.18. The number of nitrogens with one attached hydrogen (secondary N) is 1. The predicted octanol–water partition coefficient (Wildman–Crippen LogP) is 4.50. The van der Waals surface area contributed by atoms with Crippen LogP contribution in [-0.2, 0) is 6.54 Å². The number of benzene rings is 1. The summed E-state index contributed by atoms with van der Waals surface area (Å²) in [6, 6.07) is 7.96. The quantitative estimate of drug-likeness (QED) is 0.741. The average molecular weight is 442 g/mol. The van der Waals surface area contributed by atoms with Crippen molar-refractivity contribution in [2.24, 2.45) is 0 Å². The van der Waals surface area contributed by atoms with Gasteiger partial charge in [0, 0.05) is 35.8 Å². The second-order valence-corrected chi connectivity index (χ2v) is 6.95. The van der Waals surface area contributed by atoms with Gasteiger partial charge < -0.3 is 14.8 Å². The van der Waals surface area contributed by atoms with Gasteiger partial charge in [0.2, 0.25) is 0 Å². The van der Waals surface area contributed by atoms with Gasteiger partial charge in [-0.25, -0.2) is 4.98 Å². The summed E-state index contributed by atoms with van der Waals surface area (Å²) < 4.78 is 2.35. The summed E-state index contributed by atoms with van der Waals surface area (Å²) in [5.74, 6) is 1.79. The molecule has 1 aliphatic rings. The number of imidazole rings is 1. The lowest BCUT2D eigenvalue weighted by molar-refractivity contribution is 0.369. The van der Waals surface area contributed by atoms with Gasteiger partial charge in [-0.05, 0) is 52.2 Å². The van der Waals surface area contributed by atoms with Crippen LogP contribution in [0, 0.1) is 0 Å². The molecule has 1 aromatic carbocycles. The summed E-state index contributed by atoms with van der Waals surface area (Å²) in [7, 11) is 4.22. The molecule has 0 spiro atoms. The van der Waals surface area contributed by atoms with Crippen molar-refractivity contribution in [3.63, 3.8) is 0 Å². The van der Waals surface area contributed by atoms with Crippen molar-refractivity contribution in [2.45, 2.75) is 25.3 Å². The molecule has 3 rings (SSSR count). The number of nitrogens with zero attached hydrogens (tertiary/aromatic N) is 3. The summed E-state index contributed by atoms with van der Waals surface area (Å²) in [5, 5.41) is 4.20. The lowest BCUT2D eigenvalue weighted by Crippen LogP contribution is -2.28. The van der Waals surface area contributed by atoms with Gasteiger partial charge in [-0.15, -0.1) is 37.2 Å². The van der Waals surface area contributed by atoms with Crippen LogP contribution in [0.1, 0.15) is 24.6 Å². The molecule has 2 heterocycles. The van der Waals surface area contributed by atoms with Crippen molar-refractivity contribution < 1.29 is 0 Å². The molecule has 1 aliphatic heterocycles. The Labute approximate surface area is 179 Å². The van der Waals surface area contributed by atoms with Gasteiger partial charge in [-0.2, -0.15) is 0 Å². The number of likely N-dealkylation sites (N-methyl/N-ethyl adjacent to an activating group) is 1. The minimum absolute atomic E-state index is 0. The van der Waals surface area contributed by atoms with Crippen LogP contribution in [0.25, 0.3) is 11.3 Å². The third-order valence-electron chi connectivity index (χ3n) is 4.44. The molecule has 26 heavy (non-hydrogen) atoms. The predicted molar refractivity (Wildman–Crippen MR) is 118 cm³/mol. The fourth-order valence-corrected chi connectivity index (χ4v) is 3.21. The molecule has 0 bridgehead atoms. The second-order valence-electron chi connectivity index (χ2n) is 6.51. The van der Waals surface area contributed by atoms with E-state index in [1.807, 2.05) is 24.3 Å². The highest BCUT2D eigenvalue weighted by atomic mass is 35.5. The van der Waals surface area contributed by atoms with Gasteiger partial charge in [-0.3, -0.25) is 0 Å². The summed E-state index contributed by atoms with van der Waals surface area (Å²) in [6.07, 6.45) is 4.53. The number of hydrogen-bond acceptors (Lipinski definition) is 3. The number of rotatable bonds is 5. The Morgan fingerprint density at radius 2 is 1.73 bits per heavy atom. The third kappa shape index (κ3) is 6.59. The standard InChI is InChI=1S/C18H25ClN4.3ClH/c1-22(2)11-12-23-13-17(14-3-5-16(19)6-4-14)21-18(23)15-7-9-20-10-8-15;;;/h3-6,13,15,20H,7-12H2,1-2H3;3*1H. The lowest BCUT2D eigenvalue weighted by Gasteiger charge is -2.23. The molecule has 0 aliphatic carbocycles. The zero-order valence-electron chi connectivity index (χ0n) is 15.2. The highest BCUT2D eigenvalue weighted by Crippen LogP contribution is 2.28. The highest BCUT2D eigenvalue weighted by molar-refractivity contribution is 6.30. The average Bonchev–Trinajstić information content (AvgIpc) is 2.98. The molecule has 148 valence electrons. The van der Waals surface area contributed by atoms with Gasteiger partial charge in [0.15, 0.2) is 0 Å². The topological polar surface area (TPSA) is 33.1 Å². The Morgan fingerprint density at radius 1 is 1.12 bits per heavy atom. The first-order valence-electron chi connectivity index (χ1n) is 8.32. The second kappa shape index (κ2) is 12.1. The van der Waals surface area contributed by atoms with E-state index in [0.717, 1.165) is 42.5 Å². The Bertz CT molecular complexity index is 637. The molecule has 8 heteroatoms. The van der Waals surface area contributed by atoms with E-state index in [4.69, 9.17) is 16.6 Å². The first-order chi connectivity index (χ1) is 11.1. The molecule has 0 radical (unpaired) electrons. The van der Waals surface area contributed by atoms with Crippen molar-refractivity contribution >= 4 is 48.8 Å². The van der Waals surface area contributed by atoms with Crippen molar-refractivity contribution in [3.05, 3.63) is 41.3 Å². The van der Waals surface area contributed by atoms with E-state index >= 15 is 0 Å². The Morgan fingerprint density at radius 3 is 2.31 bits per heavy atom. The normalized spacial score (nSPS) is 14.3. The highest BCUT2D eigenvalue weighted by Gasteiger charge is 2.21. The van der Waals surface area contributed by atoms with E-state index in [2.05, 4.69) is 35.1 Å². The number of halogens is 4. The molecule has 4 nitrogen and oxygen atoms in total. The van der Waals surface area contributed by atoms with E-state index < -0.39 is 0 Å². The maximum absolute atomic E-state index is 6.00. The zero-order chi connectivity index (χ0) is 16.2. The van der Waals surface area contributed by atoms with Crippen LogP contribution in [0.4, 0.5) is 0 Å². The molecule has 1 fully saturated rings. The van der Waals surface area contributed by atoms with E-state index in [9.17, 15) is 0 Å². The van der Waals surface area contributed by atoms with Crippen LogP contribution in [-0.4, -0.2) is 48.2 Å². The van der Waals surface area contributed by atoms with Crippen molar-refractivity contribution in [1.82, 2.24) is 19.8 Å². The Kier molecular flexibility index (Phi) is 11.8. The smallest absolute Gasteiger partial charge is 0.112 e. The van der Waals surface area contributed by atoms with Gasteiger partial charge in [0.25, 0.3) is 0 Å². The maximum atomic E-state index is 6.00. The fourth-order valence-electron chi connectivity index (χ4n) is 3.08. The number of piperidine rings is 1. The first-order valence-corrected chi connectivity index (χ1v) is 8.70. The minimum Gasteiger partial charge on any atom is -0.333 e. The van der Waals surface area contributed by atoms with Crippen LogP contribution in [0.3, 0.4) is 0 Å². The molecule has 1 N–H and O–H groups in total. The molecular formula is C18H28Cl4N4. The van der Waals surface area contributed by atoms with E-state index in [1.54, 1.807) is 0 Å². The summed E-state index contributed by atoms with van der Waals surface area (Å²) in [6.45, 7) is 4.17. The van der Waals surface area contributed by atoms with Crippen LogP contribution in [0.15, 0.2) is 30.5 Å². The molecule has 0 unspecified atom stereocenters. The van der Waals surface area contributed by atoms with Gasteiger partial charge in [0.05, 0.1) is 5.69 Å². The SMILES string of the molecule is CN(C)CCn1cc(-c2ccc(Cl)cc2)nc1C1CCNCC1.Cl.Cl.Cl. The minimum atomic E-state index is 0. The van der Waals surface area contributed by atoms with Crippen LogP contribution in [0.2, 0.25) is 5.02 Å². The number of hydrogen-bond donors (Lipinski definition) is 1. The van der Waals surface area contributed by atoms with Crippen molar-refractivity contribution in [2.75, 3.05) is 33.7 Å². The monoisotopic (exact) mass is 440 g/mol. The third-order valence-corrected chi connectivity index (χ3v) is 4.69. The summed E-state index contributed by atoms with van der Waals surface area (Å²) in [4.78, 5) is 7.20. The molecule has 1 aromatic heterocycles. The van der Waals surface area contributed by atoms with Crippen molar-refractivity contribution in [1.29, 1.82) is 0 Å². The van der Waals surface area contributed by atoms with Gasteiger partial charge in [-0.1, -0.05) is 23.7 Å².